The maximum Gasteiger partial charge on any atom is 0.200 e. The van der Waals surface area contributed by atoms with Gasteiger partial charge in [-0.2, -0.15) is 4.57 Å². The first-order chi connectivity index (χ1) is 8.56. The zero-order valence-electron chi connectivity index (χ0n) is 9.74. The lowest BCUT2D eigenvalue weighted by atomic mass is 9.91. The van der Waals surface area contributed by atoms with Crippen LogP contribution in [0.2, 0.25) is 0 Å². The van der Waals surface area contributed by atoms with Crippen LogP contribution in [0.15, 0.2) is 24.9 Å². The van der Waals surface area contributed by atoms with Gasteiger partial charge in [0, 0.05) is 18.9 Å². The van der Waals surface area contributed by atoms with E-state index < -0.39 is 23.8 Å². The molecular weight excluding hydrogens is 234 g/mol. The SMILES string of the molecule is C=C[n+]1cccc2c1CCC(=O)C(O)C(O)C2=O. The Hall–Kier alpha value is -1.85. The molecule has 2 unspecified atom stereocenters. The van der Waals surface area contributed by atoms with Gasteiger partial charge in [-0.05, 0) is 12.6 Å². The quantitative estimate of drug-likeness (QED) is 0.656. The van der Waals surface area contributed by atoms with Crippen molar-refractivity contribution < 1.29 is 24.4 Å². The molecule has 0 amide bonds. The van der Waals surface area contributed by atoms with Crippen LogP contribution < -0.4 is 4.57 Å². The molecule has 1 aliphatic carbocycles. The molecule has 0 fully saturated rings. The van der Waals surface area contributed by atoms with E-state index in [1.807, 2.05) is 0 Å². The number of fused-ring (bicyclic) bond motifs is 1. The van der Waals surface area contributed by atoms with Gasteiger partial charge in [0.1, 0.15) is 12.2 Å². The molecule has 1 aromatic rings. The van der Waals surface area contributed by atoms with Crippen LogP contribution in [0.5, 0.6) is 0 Å². The minimum absolute atomic E-state index is 0.0797. The van der Waals surface area contributed by atoms with Gasteiger partial charge in [-0.3, -0.25) is 9.59 Å². The van der Waals surface area contributed by atoms with Crippen LogP contribution >= 0.6 is 0 Å². The Morgan fingerprint density at radius 1 is 1.28 bits per heavy atom. The molecule has 2 atom stereocenters. The van der Waals surface area contributed by atoms with E-state index >= 15 is 0 Å². The summed E-state index contributed by atoms with van der Waals surface area (Å²) in [4.78, 5) is 23.5. The third-order valence-corrected chi connectivity index (χ3v) is 3.10. The molecule has 94 valence electrons. The number of aromatic nitrogens is 1. The monoisotopic (exact) mass is 248 g/mol. The number of ketones is 2. The molecule has 18 heavy (non-hydrogen) atoms. The molecule has 1 heterocycles. The highest BCUT2D eigenvalue weighted by Gasteiger charge is 2.36. The first kappa shape index (κ1) is 12.6. The number of Topliss-reactive ketones (excluding diaryl/α,β-unsaturated/α-hetero) is 2. The number of aliphatic hydroxyl groups excluding tert-OH is 2. The molecule has 0 saturated heterocycles. The predicted molar refractivity (Wildman–Crippen MR) is 62.7 cm³/mol. The Balaban J connectivity index is 2.56. The second-order valence-corrected chi connectivity index (χ2v) is 4.18. The number of carbonyl (C=O) groups is 2. The average molecular weight is 248 g/mol. The Labute approximate surface area is 104 Å². The van der Waals surface area contributed by atoms with E-state index in [0.717, 1.165) is 0 Å². The van der Waals surface area contributed by atoms with E-state index in [4.69, 9.17) is 0 Å². The summed E-state index contributed by atoms with van der Waals surface area (Å²) in [6.45, 7) is 3.63. The summed E-state index contributed by atoms with van der Waals surface area (Å²) >= 11 is 0. The van der Waals surface area contributed by atoms with Crippen molar-refractivity contribution in [3.63, 3.8) is 0 Å². The van der Waals surface area contributed by atoms with E-state index in [-0.39, 0.29) is 6.42 Å². The van der Waals surface area contributed by atoms with Gasteiger partial charge in [-0.25, -0.2) is 0 Å². The first-order valence-electron chi connectivity index (χ1n) is 5.65. The molecule has 2 rings (SSSR count). The standard InChI is InChI=1S/C13H14NO4/c1-2-14-7-3-4-8-9(14)5-6-10(15)12(17)13(18)11(8)16/h2-4,7,12-13,17-18H,1,5-6H2/q+1. The van der Waals surface area contributed by atoms with Crippen LogP contribution in [-0.2, 0) is 11.2 Å². The summed E-state index contributed by atoms with van der Waals surface area (Å²) in [5.74, 6) is -1.16. The second-order valence-electron chi connectivity index (χ2n) is 4.18. The first-order valence-corrected chi connectivity index (χ1v) is 5.65. The lowest BCUT2D eigenvalue weighted by Crippen LogP contribution is -2.44. The topological polar surface area (TPSA) is 78.5 Å². The van der Waals surface area contributed by atoms with Gasteiger partial charge in [0.2, 0.25) is 5.78 Å². The molecule has 0 aliphatic heterocycles. The number of pyridine rings is 1. The fourth-order valence-electron chi connectivity index (χ4n) is 2.08. The van der Waals surface area contributed by atoms with E-state index in [9.17, 15) is 19.8 Å². The van der Waals surface area contributed by atoms with Crippen LogP contribution in [-0.4, -0.2) is 34.0 Å². The van der Waals surface area contributed by atoms with E-state index in [1.54, 1.807) is 22.9 Å². The van der Waals surface area contributed by atoms with Crippen LogP contribution in [0.3, 0.4) is 0 Å². The molecular formula is C13H14NO4+. The van der Waals surface area contributed by atoms with Gasteiger partial charge >= 0.3 is 0 Å². The molecule has 5 nitrogen and oxygen atoms in total. The van der Waals surface area contributed by atoms with Crippen molar-refractivity contribution in [3.05, 3.63) is 36.2 Å². The normalized spacial score (nSPS) is 24.1. The van der Waals surface area contributed by atoms with Crippen molar-refractivity contribution in [1.29, 1.82) is 0 Å². The van der Waals surface area contributed by atoms with E-state index in [1.165, 1.54) is 6.20 Å². The minimum atomic E-state index is -1.70. The number of nitrogens with zero attached hydrogens (tertiary/aromatic N) is 1. The smallest absolute Gasteiger partial charge is 0.200 e. The van der Waals surface area contributed by atoms with Crippen molar-refractivity contribution in [3.8, 4) is 0 Å². The number of rotatable bonds is 1. The lowest BCUT2D eigenvalue weighted by Gasteiger charge is -2.19. The number of carbonyl (C=O) groups excluding carboxylic acids is 2. The van der Waals surface area contributed by atoms with Crippen molar-refractivity contribution in [1.82, 2.24) is 0 Å². The number of aliphatic hydroxyl groups is 2. The van der Waals surface area contributed by atoms with Crippen molar-refractivity contribution >= 4 is 17.8 Å². The van der Waals surface area contributed by atoms with Crippen LogP contribution in [0.25, 0.3) is 6.20 Å². The Bertz CT molecular complexity index is 524. The van der Waals surface area contributed by atoms with Gasteiger partial charge < -0.3 is 10.2 Å². The highest BCUT2D eigenvalue weighted by molar-refractivity contribution is 6.04. The molecule has 1 aliphatic rings. The number of hydrogen-bond acceptors (Lipinski definition) is 4. The molecule has 0 spiro atoms. The average Bonchev–Trinajstić information content (AvgIpc) is 2.40. The van der Waals surface area contributed by atoms with Gasteiger partial charge in [0.05, 0.1) is 5.56 Å². The predicted octanol–water partition coefficient (Wildman–Crippen LogP) is -0.506. The third kappa shape index (κ3) is 1.98. The molecule has 2 N–H and O–H groups in total. The summed E-state index contributed by atoms with van der Waals surface area (Å²) in [5, 5.41) is 19.2. The second kappa shape index (κ2) is 4.80. The molecule has 0 bridgehead atoms. The molecule has 1 aromatic heterocycles. The maximum atomic E-state index is 12.0. The molecule has 0 radical (unpaired) electrons. The van der Waals surface area contributed by atoms with Crippen LogP contribution in [0.4, 0.5) is 0 Å². The van der Waals surface area contributed by atoms with Crippen molar-refractivity contribution in [2.75, 3.05) is 0 Å². The zero-order chi connectivity index (χ0) is 13.3. The highest BCUT2D eigenvalue weighted by Crippen LogP contribution is 2.16. The van der Waals surface area contributed by atoms with E-state index in [0.29, 0.717) is 17.7 Å². The van der Waals surface area contributed by atoms with Crippen LogP contribution in [0.1, 0.15) is 22.5 Å². The molecule has 0 saturated carbocycles. The van der Waals surface area contributed by atoms with Crippen LogP contribution in [0, 0.1) is 0 Å². The Kier molecular flexibility index (Phi) is 3.36. The summed E-state index contributed by atoms with van der Waals surface area (Å²) in [7, 11) is 0. The number of hydrogen-bond donors (Lipinski definition) is 2. The Morgan fingerprint density at radius 2 is 2.00 bits per heavy atom. The van der Waals surface area contributed by atoms with Gasteiger partial charge in [0.25, 0.3) is 0 Å². The van der Waals surface area contributed by atoms with E-state index in [2.05, 4.69) is 6.58 Å². The van der Waals surface area contributed by atoms with Gasteiger partial charge in [-0.15, -0.1) is 0 Å². The summed E-state index contributed by atoms with van der Waals surface area (Å²) < 4.78 is 1.64. The fraction of sp³-hybridized carbons (Fsp3) is 0.308. The Morgan fingerprint density at radius 3 is 2.67 bits per heavy atom. The molecule has 0 aromatic carbocycles. The maximum absolute atomic E-state index is 12.0. The van der Waals surface area contributed by atoms with Gasteiger partial charge in [0.15, 0.2) is 23.9 Å². The minimum Gasteiger partial charge on any atom is -0.382 e. The summed E-state index contributed by atoms with van der Waals surface area (Å²) in [6, 6.07) is 3.23. The largest absolute Gasteiger partial charge is 0.382 e. The summed E-state index contributed by atoms with van der Waals surface area (Å²) in [6.07, 6.45) is 0.322. The van der Waals surface area contributed by atoms with Crippen molar-refractivity contribution in [2.24, 2.45) is 0 Å². The van der Waals surface area contributed by atoms with Crippen molar-refractivity contribution in [2.45, 2.75) is 25.0 Å². The fourth-order valence-corrected chi connectivity index (χ4v) is 2.08. The summed E-state index contributed by atoms with van der Waals surface area (Å²) in [5.41, 5.74) is 0.938. The van der Waals surface area contributed by atoms with Gasteiger partial charge in [-0.1, -0.05) is 0 Å². The lowest BCUT2D eigenvalue weighted by molar-refractivity contribution is -0.577. The molecule has 5 heteroatoms. The highest BCUT2D eigenvalue weighted by atomic mass is 16.3. The third-order valence-electron chi connectivity index (χ3n) is 3.10. The zero-order valence-corrected chi connectivity index (χ0v) is 9.74.